The molecule has 1 fully saturated rings. The molecule has 0 aromatic heterocycles. The number of aryl methyl sites for hydroxylation is 1. The second-order valence-corrected chi connectivity index (χ2v) is 6.87. The number of halogens is 1. The summed E-state index contributed by atoms with van der Waals surface area (Å²) in [6.07, 6.45) is 1.06. The van der Waals surface area contributed by atoms with Crippen molar-refractivity contribution in [2.45, 2.75) is 31.8 Å². The quantitative estimate of drug-likeness (QED) is 0.929. The van der Waals surface area contributed by atoms with Crippen LogP contribution in [0.3, 0.4) is 0 Å². The molecule has 22 heavy (non-hydrogen) atoms. The van der Waals surface area contributed by atoms with Crippen LogP contribution in [0, 0.1) is 6.92 Å². The van der Waals surface area contributed by atoms with Crippen LogP contribution in [0.2, 0.25) is 5.02 Å². The van der Waals surface area contributed by atoms with E-state index in [-0.39, 0.29) is 6.04 Å². The van der Waals surface area contributed by atoms with Gasteiger partial charge in [0, 0.05) is 30.7 Å². The first-order valence-corrected chi connectivity index (χ1v) is 8.27. The van der Waals surface area contributed by atoms with Gasteiger partial charge >= 0.3 is 0 Å². The molecule has 1 aliphatic heterocycles. The molecule has 0 spiro atoms. The van der Waals surface area contributed by atoms with Crippen LogP contribution in [0.5, 0.6) is 0 Å². The minimum atomic E-state index is 0.235. The lowest BCUT2D eigenvalue weighted by atomic mass is 9.87. The maximum atomic E-state index is 6.31. The zero-order valence-corrected chi connectivity index (χ0v) is 13.8. The van der Waals surface area contributed by atoms with Crippen LogP contribution in [0.15, 0.2) is 48.5 Å². The molecule has 0 saturated carbocycles. The predicted octanol–water partition coefficient (Wildman–Crippen LogP) is 3.97. The number of benzene rings is 2. The van der Waals surface area contributed by atoms with Crippen molar-refractivity contribution in [2.75, 3.05) is 13.1 Å². The smallest absolute Gasteiger partial charge is 0.0409 e. The van der Waals surface area contributed by atoms with Crippen molar-refractivity contribution in [1.29, 1.82) is 0 Å². The molecule has 0 amide bonds. The first kappa shape index (κ1) is 15.5. The van der Waals surface area contributed by atoms with E-state index < -0.39 is 0 Å². The average Bonchev–Trinajstić information content (AvgIpc) is 2.46. The van der Waals surface area contributed by atoms with E-state index in [2.05, 4.69) is 42.2 Å². The molecular formula is C19H23ClN2. The third-order valence-corrected chi connectivity index (χ3v) is 4.60. The van der Waals surface area contributed by atoms with E-state index in [1.54, 1.807) is 0 Å². The molecule has 1 aliphatic rings. The Labute approximate surface area is 137 Å². The summed E-state index contributed by atoms with van der Waals surface area (Å²) in [4.78, 5) is 2.45. The Hall–Kier alpha value is -1.35. The number of rotatable bonds is 3. The molecule has 0 radical (unpaired) electrons. The fraction of sp³-hybridized carbons (Fsp3) is 0.368. The van der Waals surface area contributed by atoms with E-state index in [0.29, 0.717) is 5.92 Å². The molecule has 3 rings (SSSR count). The average molecular weight is 315 g/mol. The fourth-order valence-corrected chi connectivity index (χ4v) is 3.63. The first-order chi connectivity index (χ1) is 10.6. The number of piperidine rings is 1. The molecule has 2 N–H and O–H groups in total. The lowest BCUT2D eigenvalue weighted by Gasteiger charge is -2.36. The predicted molar refractivity (Wildman–Crippen MR) is 93.2 cm³/mol. The van der Waals surface area contributed by atoms with Crippen molar-refractivity contribution in [3.63, 3.8) is 0 Å². The molecule has 2 aromatic rings. The van der Waals surface area contributed by atoms with Crippen molar-refractivity contribution in [1.82, 2.24) is 4.90 Å². The fourth-order valence-electron chi connectivity index (χ4n) is 3.42. The molecule has 0 bridgehead atoms. The van der Waals surface area contributed by atoms with Gasteiger partial charge in [0.2, 0.25) is 0 Å². The minimum absolute atomic E-state index is 0.235. The van der Waals surface area contributed by atoms with Gasteiger partial charge in [-0.25, -0.2) is 0 Å². The molecule has 3 heteroatoms. The molecule has 116 valence electrons. The largest absolute Gasteiger partial charge is 0.327 e. The molecule has 2 atom stereocenters. The van der Waals surface area contributed by atoms with Gasteiger partial charge in [0.15, 0.2) is 0 Å². The van der Waals surface area contributed by atoms with E-state index >= 15 is 0 Å². The van der Waals surface area contributed by atoms with Crippen molar-refractivity contribution in [3.05, 3.63) is 70.2 Å². The Morgan fingerprint density at radius 1 is 1.14 bits per heavy atom. The van der Waals surface area contributed by atoms with Crippen molar-refractivity contribution in [3.8, 4) is 0 Å². The summed E-state index contributed by atoms with van der Waals surface area (Å²) < 4.78 is 0. The van der Waals surface area contributed by atoms with Crippen LogP contribution in [0.4, 0.5) is 0 Å². The number of hydrogen-bond donors (Lipinski definition) is 1. The van der Waals surface area contributed by atoms with Crippen LogP contribution in [-0.4, -0.2) is 24.0 Å². The van der Waals surface area contributed by atoms with E-state index in [9.17, 15) is 0 Å². The maximum absolute atomic E-state index is 6.31. The summed E-state index contributed by atoms with van der Waals surface area (Å²) in [7, 11) is 0. The van der Waals surface area contributed by atoms with Gasteiger partial charge in [0.25, 0.3) is 0 Å². The van der Waals surface area contributed by atoms with Gasteiger partial charge in [-0.05, 0) is 42.5 Å². The highest BCUT2D eigenvalue weighted by molar-refractivity contribution is 6.30. The number of likely N-dealkylation sites (tertiary alicyclic amines) is 1. The van der Waals surface area contributed by atoms with E-state index in [4.69, 9.17) is 17.3 Å². The zero-order chi connectivity index (χ0) is 15.5. The van der Waals surface area contributed by atoms with Gasteiger partial charge in [0.1, 0.15) is 0 Å². The van der Waals surface area contributed by atoms with Gasteiger partial charge < -0.3 is 5.73 Å². The monoisotopic (exact) mass is 314 g/mol. The Balaban J connectivity index is 1.73. The maximum Gasteiger partial charge on any atom is 0.0409 e. The normalized spacial score (nSPS) is 22.7. The van der Waals surface area contributed by atoms with Gasteiger partial charge in [-0.15, -0.1) is 0 Å². The molecule has 0 aliphatic carbocycles. The Kier molecular flexibility index (Phi) is 4.82. The Morgan fingerprint density at radius 2 is 1.95 bits per heavy atom. The Bertz CT molecular complexity index is 641. The van der Waals surface area contributed by atoms with Crippen LogP contribution < -0.4 is 5.73 Å². The summed E-state index contributed by atoms with van der Waals surface area (Å²) in [5.74, 6) is 0.517. The molecular weight excluding hydrogens is 292 g/mol. The summed E-state index contributed by atoms with van der Waals surface area (Å²) in [5.41, 5.74) is 10.3. The van der Waals surface area contributed by atoms with Crippen LogP contribution in [0.1, 0.15) is 29.0 Å². The van der Waals surface area contributed by atoms with Gasteiger partial charge in [-0.2, -0.15) is 0 Å². The standard InChI is InChI=1S/C19H23ClN2/c1-14-4-2-6-16(8-14)17-10-19(21)13-22(12-17)11-15-5-3-7-18(20)9-15/h2-9,17,19H,10-13,21H2,1H3. The second kappa shape index (κ2) is 6.82. The third-order valence-electron chi connectivity index (χ3n) is 4.37. The number of nitrogens with two attached hydrogens (primary N) is 1. The molecule has 1 saturated heterocycles. The summed E-state index contributed by atoms with van der Waals surface area (Å²) in [5, 5.41) is 0.800. The molecule has 2 nitrogen and oxygen atoms in total. The van der Waals surface area contributed by atoms with Crippen LogP contribution in [-0.2, 0) is 6.54 Å². The van der Waals surface area contributed by atoms with Gasteiger partial charge in [0.05, 0.1) is 0 Å². The van der Waals surface area contributed by atoms with Crippen molar-refractivity contribution < 1.29 is 0 Å². The molecule has 2 unspecified atom stereocenters. The Morgan fingerprint density at radius 3 is 2.73 bits per heavy atom. The minimum Gasteiger partial charge on any atom is -0.327 e. The lowest BCUT2D eigenvalue weighted by molar-refractivity contribution is 0.181. The van der Waals surface area contributed by atoms with Crippen LogP contribution in [0.25, 0.3) is 0 Å². The number of nitrogens with zero attached hydrogens (tertiary/aromatic N) is 1. The lowest BCUT2D eigenvalue weighted by Crippen LogP contribution is -2.45. The van der Waals surface area contributed by atoms with E-state index in [1.807, 2.05) is 18.2 Å². The first-order valence-electron chi connectivity index (χ1n) is 7.89. The molecule has 2 aromatic carbocycles. The van der Waals surface area contributed by atoms with Gasteiger partial charge in [-0.1, -0.05) is 53.6 Å². The van der Waals surface area contributed by atoms with E-state index in [1.165, 1.54) is 16.7 Å². The summed E-state index contributed by atoms with van der Waals surface area (Å²) in [6.45, 7) is 5.07. The zero-order valence-electron chi connectivity index (χ0n) is 13.0. The SMILES string of the molecule is Cc1cccc(C2CC(N)CN(Cc3cccc(Cl)c3)C2)c1. The highest BCUT2D eigenvalue weighted by Gasteiger charge is 2.26. The van der Waals surface area contributed by atoms with E-state index in [0.717, 1.165) is 31.1 Å². The second-order valence-electron chi connectivity index (χ2n) is 6.43. The van der Waals surface area contributed by atoms with Gasteiger partial charge in [-0.3, -0.25) is 4.90 Å². The van der Waals surface area contributed by atoms with Crippen molar-refractivity contribution >= 4 is 11.6 Å². The number of hydrogen-bond acceptors (Lipinski definition) is 2. The topological polar surface area (TPSA) is 29.3 Å². The highest BCUT2D eigenvalue weighted by Crippen LogP contribution is 2.28. The van der Waals surface area contributed by atoms with Crippen molar-refractivity contribution in [2.24, 2.45) is 5.73 Å². The van der Waals surface area contributed by atoms with Crippen LogP contribution >= 0.6 is 11.6 Å². The molecule has 1 heterocycles. The summed E-state index contributed by atoms with van der Waals surface area (Å²) in [6, 6.07) is 17.2. The summed E-state index contributed by atoms with van der Waals surface area (Å²) >= 11 is 6.09. The highest BCUT2D eigenvalue weighted by atomic mass is 35.5. The third kappa shape index (κ3) is 3.89.